The first kappa shape index (κ1) is 11.2. The van der Waals surface area contributed by atoms with Crippen molar-refractivity contribution >= 4 is 21.7 Å². The van der Waals surface area contributed by atoms with Crippen LogP contribution in [0.15, 0.2) is 18.2 Å². The van der Waals surface area contributed by atoms with Gasteiger partial charge in [0.25, 0.3) is 0 Å². The summed E-state index contributed by atoms with van der Waals surface area (Å²) >= 11 is 3.36. The number of Topliss-reactive ketones (excluding diaryl/α,β-unsaturated/α-hetero) is 1. The summed E-state index contributed by atoms with van der Waals surface area (Å²) in [6.45, 7) is 1.85. The number of ether oxygens (including phenoxy) is 1. The normalized spacial score (nSPS) is 9.93. The molecular weight excluding hydrogens is 244 g/mol. The zero-order chi connectivity index (χ0) is 10.6. The molecule has 76 valence electrons. The smallest absolute Gasteiger partial charge is 0.162 e. The zero-order valence-electron chi connectivity index (χ0n) is 8.34. The quantitative estimate of drug-likeness (QED) is 0.611. The second-order valence-corrected chi connectivity index (χ2v) is 3.50. The van der Waals surface area contributed by atoms with Crippen LogP contribution in [0.4, 0.5) is 0 Å². The Morgan fingerprint density at radius 1 is 1.50 bits per heavy atom. The topological polar surface area (TPSA) is 26.3 Å². The molecule has 0 saturated heterocycles. The molecule has 0 aliphatic carbocycles. The molecule has 0 saturated carbocycles. The lowest BCUT2D eigenvalue weighted by Gasteiger charge is -2.07. The van der Waals surface area contributed by atoms with E-state index in [2.05, 4.69) is 15.9 Å². The van der Waals surface area contributed by atoms with Gasteiger partial charge in [0, 0.05) is 22.9 Å². The maximum absolute atomic E-state index is 11.4. The van der Waals surface area contributed by atoms with E-state index in [1.165, 1.54) is 0 Å². The predicted molar refractivity (Wildman–Crippen MR) is 60.2 cm³/mol. The minimum Gasteiger partial charge on any atom is -0.496 e. The van der Waals surface area contributed by atoms with Crippen molar-refractivity contribution in [2.24, 2.45) is 0 Å². The first-order chi connectivity index (χ1) is 6.72. The number of carbonyl (C=O) groups excluding carboxylic acids is 1. The summed E-state index contributed by atoms with van der Waals surface area (Å²) in [4.78, 5) is 11.4. The number of methoxy groups -OCH3 is 1. The Labute approximate surface area is 92.4 Å². The van der Waals surface area contributed by atoms with Gasteiger partial charge in [0.15, 0.2) is 5.78 Å². The van der Waals surface area contributed by atoms with Crippen molar-refractivity contribution in [2.75, 3.05) is 7.11 Å². The molecule has 0 radical (unpaired) electrons. The van der Waals surface area contributed by atoms with Crippen LogP contribution in [0.3, 0.4) is 0 Å². The van der Waals surface area contributed by atoms with Crippen molar-refractivity contribution in [3.8, 4) is 5.75 Å². The molecular formula is C11H13BrO2. The van der Waals surface area contributed by atoms with Gasteiger partial charge in [-0.1, -0.05) is 35.0 Å². The summed E-state index contributed by atoms with van der Waals surface area (Å²) in [5.41, 5.74) is 1.77. The van der Waals surface area contributed by atoms with Crippen molar-refractivity contribution in [1.29, 1.82) is 0 Å². The zero-order valence-corrected chi connectivity index (χ0v) is 9.93. The maximum atomic E-state index is 11.4. The second kappa shape index (κ2) is 5.15. The van der Waals surface area contributed by atoms with Gasteiger partial charge in [0.05, 0.1) is 7.11 Å². The van der Waals surface area contributed by atoms with Gasteiger partial charge in [0.2, 0.25) is 0 Å². The molecule has 0 fully saturated rings. The molecule has 3 heteroatoms. The summed E-state index contributed by atoms with van der Waals surface area (Å²) in [5.74, 6) is 0.908. The van der Waals surface area contributed by atoms with E-state index in [0.717, 1.165) is 16.6 Å². The van der Waals surface area contributed by atoms with Gasteiger partial charge >= 0.3 is 0 Å². The molecule has 0 aliphatic rings. The standard InChI is InChI=1S/C11H13BrO2/c1-3-10(13)8-4-5-9(7-12)11(6-8)14-2/h4-6H,3,7H2,1-2H3. The average Bonchev–Trinajstić information content (AvgIpc) is 2.26. The molecule has 0 amide bonds. The first-order valence-corrected chi connectivity index (χ1v) is 5.61. The fraction of sp³-hybridized carbons (Fsp3) is 0.364. The van der Waals surface area contributed by atoms with Crippen LogP contribution in [-0.2, 0) is 5.33 Å². The number of ketones is 1. The van der Waals surface area contributed by atoms with Crippen molar-refractivity contribution in [1.82, 2.24) is 0 Å². The van der Waals surface area contributed by atoms with Crippen molar-refractivity contribution in [2.45, 2.75) is 18.7 Å². The molecule has 2 nitrogen and oxygen atoms in total. The Morgan fingerprint density at radius 2 is 2.21 bits per heavy atom. The SMILES string of the molecule is CCC(=O)c1ccc(CBr)c(OC)c1. The van der Waals surface area contributed by atoms with Crippen LogP contribution in [0.5, 0.6) is 5.75 Å². The van der Waals surface area contributed by atoms with Gasteiger partial charge in [-0.05, 0) is 6.07 Å². The molecule has 0 spiro atoms. The molecule has 0 unspecified atom stereocenters. The third kappa shape index (κ3) is 2.35. The molecule has 0 heterocycles. The largest absolute Gasteiger partial charge is 0.496 e. The van der Waals surface area contributed by atoms with Crippen LogP contribution in [0.1, 0.15) is 29.3 Å². The number of alkyl halides is 1. The molecule has 14 heavy (non-hydrogen) atoms. The third-order valence-electron chi connectivity index (χ3n) is 2.07. The summed E-state index contributed by atoms with van der Waals surface area (Å²) < 4.78 is 5.19. The maximum Gasteiger partial charge on any atom is 0.162 e. The number of hydrogen-bond donors (Lipinski definition) is 0. The highest BCUT2D eigenvalue weighted by atomic mass is 79.9. The number of rotatable bonds is 4. The molecule has 0 aliphatic heterocycles. The minimum absolute atomic E-state index is 0.143. The van der Waals surface area contributed by atoms with E-state index in [-0.39, 0.29) is 5.78 Å². The first-order valence-electron chi connectivity index (χ1n) is 4.49. The molecule has 1 aromatic rings. The Kier molecular flexibility index (Phi) is 4.14. The van der Waals surface area contributed by atoms with E-state index in [4.69, 9.17) is 4.74 Å². The Balaban J connectivity index is 3.07. The highest BCUT2D eigenvalue weighted by Crippen LogP contribution is 2.23. The third-order valence-corrected chi connectivity index (χ3v) is 2.68. The van der Waals surface area contributed by atoms with E-state index < -0.39 is 0 Å². The van der Waals surface area contributed by atoms with Crippen LogP contribution in [0, 0.1) is 0 Å². The van der Waals surface area contributed by atoms with Crippen LogP contribution >= 0.6 is 15.9 Å². The van der Waals surface area contributed by atoms with E-state index in [1.807, 2.05) is 19.1 Å². The number of hydrogen-bond acceptors (Lipinski definition) is 2. The Hall–Kier alpha value is -0.830. The lowest BCUT2D eigenvalue weighted by Crippen LogP contribution is -1.98. The highest BCUT2D eigenvalue weighted by molar-refractivity contribution is 9.08. The van der Waals surface area contributed by atoms with E-state index >= 15 is 0 Å². The summed E-state index contributed by atoms with van der Waals surface area (Å²) in [7, 11) is 1.61. The monoisotopic (exact) mass is 256 g/mol. The van der Waals surface area contributed by atoms with Crippen molar-refractivity contribution in [3.63, 3.8) is 0 Å². The Morgan fingerprint density at radius 3 is 2.71 bits per heavy atom. The van der Waals surface area contributed by atoms with Gasteiger partial charge in [0.1, 0.15) is 5.75 Å². The number of halogens is 1. The minimum atomic E-state index is 0.143. The summed E-state index contributed by atoms with van der Waals surface area (Å²) in [6.07, 6.45) is 0.525. The van der Waals surface area contributed by atoms with Gasteiger partial charge in [-0.2, -0.15) is 0 Å². The molecule has 1 aromatic carbocycles. The van der Waals surface area contributed by atoms with Crippen LogP contribution in [0.2, 0.25) is 0 Å². The molecule has 0 atom stereocenters. The molecule has 0 aromatic heterocycles. The second-order valence-electron chi connectivity index (χ2n) is 2.94. The fourth-order valence-electron chi connectivity index (χ4n) is 1.23. The van der Waals surface area contributed by atoms with Gasteiger partial charge in [-0.3, -0.25) is 4.79 Å². The fourth-order valence-corrected chi connectivity index (χ4v) is 1.70. The van der Waals surface area contributed by atoms with E-state index in [1.54, 1.807) is 13.2 Å². The van der Waals surface area contributed by atoms with Gasteiger partial charge < -0.3 is 4.74 Å². The molecule has 0 bridgehead atoms. The van der Waals surface area contributed by atoms with Crippen LogP contribution in [0.25, 0.3) is 0 Å². The number of carbonyl (C=O) groups is 1. The van der Waals surface area contributed by atoms with Crippen molar-refractivity contribution < 1.29 is 9.53 Å². The van der Waals surface area contributed by atoms with Crippen LogP contribution in [-0.4, -0.2) is 12.9 Å². The van der Waals surface area contributed by atoms with Gasteiger partial charge in [-0.25, -0.2) is 0 Å². The number of benzene rings is 1. The highest BCUT2D eigenvalue weighted by Gasteiger charge is 2.07. The van der Waals surface area contributed by atoms with E-state index in [9.17, 15) is 4.79 Å². The Bertz CT molecular complexity index is 334. The summed E-state index contributed by atoms with van der Waals surface area (Å²) in [5, 5.41) is 0.733. The lowest BCUT2D eigenvalue weighted by atomic mass is 10.1. The molecule has 1 rings (SSSR count). The van der Waals surface area contributed by atoms with E-state index in [0.29, 0.717) is 12.0 Å². The molecule has 0 N–H and O–H groups in total. The predicted octanol–water partition coefficient (Wildman–Crippen LogP) is 3.18. The van der Waals surface area contributed by atoms with Gasteiger partial charge in [-0.15, -0.1) is 0 Å². The summed E-state index contributed by atoms with van der Waals surface area (Å²) in [6, 6.07) is 5.55. The average molecular weight is 257 g/mol. The lowest BCUT2D eigenvalue weighted by molar-refractivity contribution is 0.0988. The van der Waals surface area contributed by atoms with Crippen molar-refractivity contribution in [3.05, 3.63) is 29.3 Å². The van der Waals surface area contributed by atoms with Crippen LogP contribution < -0.4 is 4.74 Å².